The Morgan fingerprint density at radius 2 is 1.81 bits per heavy atom. The van der Waals surface area contributed by atoms with Crippen LogP contribution in [0.15, 0.2) is 45.8 Å². The molecular formula is C17H19NO3. The highest BCUT2D eigenvalue weighted by molar-refractivity contribution is 5.77. The lowest BCUT2D eigenvalue weighted by Gasteiger charge is -2.29. The van der Waals surface area contributed by atoms with Gasteiger partial charge >= 0.3 is 5.63 Å². The van der Waals surface area contributed by atoms with E-state index < -0.39 is 0 Å². The molecule has 0 bridgehead atoms. The summed E-state index contributed by atoms with van der Waals surface area (Å²) >= 11 is 0. The Kier molecular flexibility index (Phi) is 3.95. The van der Waals surface area contributed by atoms with Crippen LogP contribution < -0.4 is 15.3 Å². The fourth-order valence-electron chi connectivity index (χ4n) is 2.78. The van der Waals surface area contributed by atoms with Crippen LogP contribution in [0.3, 0.4) is 0 Å². The Hall–Kier alpha value is -2.23. The van der Waals surface area contributed by atoms with Gasteiger partial charge in [0.2, 0.25) is 0 Å². The van der Waals surface area contributed by atoms with E-state index in [-0.39, 0.29) is 5.63 Å². The predicted octanol–water partition coefficient (Wildman–Crippen LogP) is 3.31. The molecule has 4 heteroatoms. The van der Waals surface area contributed by atoms with E-state index >= 15 is 0 Å². The topological polar surface area (TPSA) is 42.7 Å². The maximum atomic E-state index is 11.6. The van der Waals surface area contributed by atoms with Crippen molar-refractivity contribution in [2.45, 2.75) is 19.3 Å². The van der Waals surface area contributed by atoms with Gasteiger partial charge in [-0.05, 0) is 37.0 Å². The van der Waals surface area contributed by atoms with Crippen molar-refractivity contribution in [1.29, 1.82) is 0 Å². The number of benzene rings is 1. The SMILES string of the molecule is COc1ccc(-c2cc(=O)occ2N2CCCCC2)cc1. The molecule has 3 rings (SSSR count). The third-order valence-corrected chi connectivity index (χ3v) is 3.92. The average Bonchev–Trinajstić information content (AvgIpc) is 2.56. The van der Waals surface area contributed by atoms with Crippen molar-refractivity contribution < 1.29 is 9.15 Å². The van der Waals surface area contributed by atoms with Gasteiger partial charge < -0.3 is 14.1 Å². The Morgan fingerprint density at radius 1 is 1.10 bits per heavy atom. The summed E-state index contributed by atoms with van der Waals surface area (Å²) in [7, 11) is 1.64. The summed E-state index contributed by atoms with van der Waals surface area (Å²) in [5, 5.41) is 0. The summed E-state index contributed by atoms with van der Waals surface area (Å²) in [6.07, 6.45) is 5.22. The van der Waals surface area contributed by atoms with E-state index in [1.165, 1.54) is 19.3 Å². The fraction of sp³-hybridized carbons (Fsp3) is 0.353. The number of rotatable bonds is 3. The van der Waals surface area contributed by atoms with E-state index in [1.807, 2.05) is 24.3 Å². The van der Waals surface area contributed by atoms with E-state index in [0.717, 1.165) is 35.7 Å². The summed E-state index contributed by atoms with van der Waals surface area (Å²) in [6.45, 7) is 2.02. The minimum absolute atomic E-state index is 0.318. The van der Waals surface area contributed by atoms with E-state index in [0.29, 0.717) is 0 Å². The molecule has 1 aliphatic rings. The molecule has 1 saturated heterocycles. The zero-order chi connectivity index (χ0) is 14.7. The number of ether oxygens (including phenoxy) is 1. The van der Waals surface area contributed by atoms with Crippen LogP contribution in [-0.2, 0) is 0 Å². The molecule has 1 aromatic carbocycles. The molecule has 110 valence electrons. The number of hydrogen-bond donors (Lipinski definition) is 0. The van der Waals surface area contributed by atoms with Gasteiger partial charge in [0.05, 0.1) is 12.8 Å². The van der Waals surface area contributed by atoms with Gasteiger partial charge in [0.25, 0.3) is 0 Å². The smallest absolute Gasteiger partial charge is 0.336 e. The van der Waals surface area contributed by atoms with Crippen LogP contribution in [0.25, 0.3) is 11.1 Å². The van der Waals surface area contributed by atoms with Crippen molar-refractivity contribution in [2.24, 2.45) is 0 Å². The number of anilines is 1. The molecule has 0 saturated carbocycles. The average molecular weight is 285 g/mol. The maximum absolute atomic E-state index is 11.6. The minimum Gasteiger partial charge on any atom is -0.497 e. The zero-order valence-electron chi connectivity index (χ0n) is 12.2. The molecule has 0 amide bonds. The van der Waals surface area contributed by atoms with Crippen LogP contribution in [0.4, 0.5) is 5.69 Å². The largest absolute Gasteiger partial charge is 0.497 e. The van der Waals surface area contributed by atoms with Crippen molar-refractivity contribution in [3.63, 3.8) is 0 Å². The van der Waals surface area contributed by atoms with Gasteiger partial charge in [-0.25, -0.2) is 4.79 Å². The van der Waals surface area contributed by atoms with Crippen molar-refractivity contribution in [3.8, 4) is 16.9 Å². The molecule has 1 aromatic heterocycles. The molecule has 4 nitrogen and oxygen atoms in total. The first-order valence-electron chi connectivity index (χ1n) is 7.30. The quantitative estimate of drug-likeness (QED) is 0.867. The molecular weight excluding hydrogens is 266 g/mol. The number of methoxy groups -OCH3 is 1. The van der Waals surface area contributed by atoms with Gasteiger partial charge in [0.15, 0.2) is 0 Å². The van der Waals surface area contributed by atoms with E-state index in [4.69, 9.17) is 9.15 Å². The third kappa shape index (κ3) is 2.94. The van der Waals surface area contributed by atoms with Crippen LogP contribution in [0.5, 0.6) is 5.75 Å². The molecule has 0 spiro atoms. The van der Waals surface area contributed by atoms with E-state index in [9.17, 15) is 4.79 Å². The third-order valence-electron chi connectivity index (χ3n) is 3.92. The second-order valence-corrected chi connectivity index (χ2v) is 5.27. The molecule has 0 unspecified atom stereocenters. The Labute approximate surface area is 124 Å². The molecule has 1 fully saturated rings. The molecule has 0 atom stereocenters. The predicted molar refractivity (Wildman–Crippen MR) is 83.0 cm³/mol. The van der Waals surface area contributed by atoms with E-state index in [2.05, 4.69) is 4.90 Å². The van der Waals surface area contributed by atoms with Crippen molar-refractivity contribution in [1.82, 2.24) is 0 Å². The summed E-state index contributed by atoms with van der Waals surface area (Å²) in [6, 6.07) is 9.34. The lowest BCUT2D eigenvalue weighted by molar-refractivity contribution is 0.415. The van der Waals surface area contributed by atoms with Crippen molar-refractivity contribution >= 4 is 5.69 Å². The normalized spacial score (nSPS) is 15.0. The molecule has 2 heterocycles. The zero-order valence-corrected chi connectivity index (χ0v) is 12.2. The molecule has 1 aliphatic heterocycles. The molecule has 0 N–H and O–H groups in total. The van der Waals surface area contributed by atoms with Gasteiger partial charge in [0, 0.05) is 24.7 Å². The summed E-state index contributed by atoms with van der Waals surface area (Å²) in [4.78, 5) is 13.9. The van der Waals surface area contributed by atoms with Gasteiger partial charge in [-0.15, -0.1) is 0 Å². The Balaban J connectivity index is 2.02. The first-order chi connectivity index (χ1) is 10.3. The first kappa shape index (κ1) is 13.7. The number of piperidine rings is 1. The molecule has 0 aliphatic carbocycles. The highest BCUT2D eigenvalue weighted by Crippen LogP contribution is 2.32. The highest BCUT2D eigenvalue weighted by atomic mass is 16.5. The summed E-state index contributed by atoms with van der Waals surface area (Å²) < 4.78 is 10.3. The minimum atomic E-state index is -0.318. The second-order valence-electron chi connectivity index (χ2n) is 5.27. The monoisotopic (exact) mass is 285 g/mol. The number of hydrogen-bond acceptors (Lipinski definition) is 4. The van der Waals surface area contributed by atoms with Crippen LogP contribution in [0.2, 0.25) is 0 Å². The maximum Gasteiger partial charge on any atom is 0.336 e. The van der Waals surface area contributed by atoms with Crippen LogP contribution in [0.1, 0.15) is 19.3 Å². The molecule has 0 radical (unpaired) electrons. The standard InChI is InChI=1S/C17H19NO3/c1-20-14-7-5-13(6-8-14)15-11-17(19)21-12-16(15)18-9-3-2-4-10-18/h5-8,11-12H,2-4,9-10H2,1H3. The number of nitrogens with zero attached hydrogens (tertiary/aromatic N) is 1. The van der Waals surface area contributed by atoms with Crippen LogP contribution in [-0.4, -0.2) is 20.2 Å². The molecule has 2 aromatic rings. The lowest BCUT2D eigenvalue weighted by atomic mass is 10.0. The Bertz CT molecular complexity index is 654. The van der Waals surface area contributed by atoms with Gasteiger partial charge in [0.1, 0.15) is 12.0 Å². The highest BCUT2D eigenvalue weighted by Gasteiger charge is 2.17. The second kappa shape index (κ2) is 6.04. The van der Waals surface area contributed by atoms with Crippen molar-refractivity contribution in [3.05, 3.63) is 47.0 Å². The van der Waals surface area contributed by atoms with Gasteiger partial charge in [-0.3, -0.25) is 0 Å². The summed E-state index contributed by atoms with van der Waals surface area (Å²) in [5.41, 5.74) is 2.61. The van der Waals surface area contributed by atoms with E-state index in [1.54, 1.807) is 19.4 Å². The van der Waals surface area contributed by atoms with Crippen LogP contribution in [0, 0.1) is 0 Å². The lowest BCUT2D eigenvalue weighted by Crippen LogP contribution is -2.30. The van der Waals surface area contributed by atoms with Crippen LogP contribution >= 0.6 is 0 Å². The molecule has 21 heavy (non-hydrogen) atoms. The van der Waals surface area contributed by atoms with Gasteiger partial charge in [-0.1, -0.05) is 12.1 Å². The Morgan fingerprint density at radius 3 is 2.48 bits per heavy atom. The fourth-order valence-corrected chi connectivity index (χ4v) is 2.78. The van der Waals surface area contributed by atoms with Gasteiger partial charge in [-0.2, -0.15) is 0 Å². The summed E-state index contributed by atoms with van der Waals surface area (Å²) in [5.74, 6) is 0.807. The first-order valence-corrected chi connectivity index (χ1v) is 7.30. The van der Waals surface area contributed by atoms with Crippen molar-refractivity contribution in [2.75, 3.05) is 25.1 Å².